The second-order valence-electron chi connectivity index (χ2n) is 8.52. The Balaban J connectivity index is 2.93. The van der Waals surface area contributed by atoms with E-state index in [9.17, 15) is 0 Å². The molecule has 1 fully saturated rings. The van der Waals surface area contributed by atoms with E-state index >= 15 is 0 Å². The summed E-state index contributed by atoms with van der Waals surface area (Å²) < 4.78 is 5.84. The van der Waals surface area contributed by atoms with Gasteiger partial charge in [-0.2, -0.15) is 0 Å². The number of nitrogens with two attached hydrogens (primary N) is 1. The van der Waals surface area contributed by atoms with Crippen LogP contribution in [0.1, 0.15) is 86.5 Å². The topological polar surface area (TPSA) is 47.6 Å². The predicted molar refractivity (Wildman–Crippen MR) is 123 cm³/mol. The number of hydrogen-bond acceptors (Lipinski definition) is 3. The second-order valence-corrected chi connectivity index (χ2v) is 8.52. The van der Waals surface area contributed by atoms with Crippen LogP contribution < -0.4 is 5.73 Å². The number of hydrogen-bond donors (Lipinski definition) is 1. The first-order chi connectivity index (χ1) is 13.3. The molecule has 3 nitrogen and oxygen atoms in total. The van der Waals surface area contributed by atoms with E-state index in [-0.39, 0.29) is 5.41 Å². The molecule has 0 bridgehead atoms. The number of ether oxygens (including phenoxy) is 1. The summed E-state index contributed by atoms with van der Waals surface area (Å²) >= 11 is 0. The van der Waals surface area contributed by atoms with Crippen molar-refractivity contribution in [2.45, 2.75) is 86.5 Å². The Morgan fingerprint density at radius 2 is 2.00 bits per heavy atom. The molecular formula is C25H42N2O. The van der Waals surface area contributed by atoms with Gasteiger partial charge in [-0.05, 0) is 74.5 Å². The number of nitrogens with zero attached hydrogens (tertiary/aromatic N) is 1. The van der Waals surface area contributed by atoms with Gasteiger partial charge in [-0.1, -0.05) is 52.7 Å². The Morgan fingerprint density at radius 3 is 2.57 bits per heavy atom. The molecule has 28 heavy (non-hydrogen) atoms. The maximum Gasteiger partial charge on any atom is 0.191 e. The van der Waals surface area contributed by atoms with Crippen molar-refractivity contribution >= 4 is 5.90 Å². The smallest absolute Gasteiger partial charge is 0.191 e. The van der Waals surface area contributed by atoms with Gasteiger partial charge in [0.1, 0.15) is 5.76 Å². The van der Waals surface area contributed by atoms with Crippen LogP contribution in [0.15, 0.2) is 53.0 Å². The van der Waals surface area contributed by atoms with Gasteiger partial charge in [0, 0.05) is 18.8 Å². The van der Waals surface area contributed by atoms with Crippen molar-refractivity contribution in [2.75, 3.05) is 0 Å². The first-order valence-corrected chi connectivity index (χ1v) is 10.9. The zero-order valence-electron chi connectivity index (χ0n) is 19.1. The maximum atomic E-state index is 5.84. The first kappa shape index (κ1) is 24.3. The summed E-state index contributed by atoms with van der Waals surface area (Å²) in [4.78, 5) is 4.22. The molecule has 1 saturated carbocycles. The molecule has 0 radical (unpaired) electrons. The van der Waals surface area contributed by atoms with Crippen LogP contribution >= 0.6 is 0 Å². The van der Waals surface area contributed by atoms with Crippen LogP contribution in [0.3, 0.4) is 0 Å². The molecular weight excluding hydrogens is 344 g/mol. The van der Waals surface area contributed by atoms with Gasteiger partial charge in [0.2, 0.25) is 0 Å². The molecule has 0 heterocycles. The second kappa shape index (κ2) is 11.9. The molecule has 3 atom stereocenters. The van der Waals surface area contributed by atoms with Gasteiger partial charge >= 0.3 is 0 Å². The number of rotatable bonds is 7. The largest absolute Gasteiger partial charge is 0.444 e. The SMILES string of the molecule is C=C(/C=C\C(=C/C)OC(C)=N/C=C(\C)N)C1(CC)CCCC(C)CC(CC)C1. The highest BCUT2D eigenvalue weighted by atomic mass is 16.5. The van der Waals surface area contributed by atoms with Crippen LogP contribution in [0.5, 0.6) is 0 Å². The average molecular weight is 387 g/mol. The molecule has 158 valence electrons. The minimum atomic E-state index is 0.207. The highest BCUT2D eigenvalue weighted by molar-refractivity contribution is 5.75. The van der Waals surface area contributed by atoms with Crippen molar-refractivity contribution in [1.29, 1.82) is 0 Å². The third-order valence-electron chi connectivity index (χ3n) is 6.15. The molecule has 3 heteroatoms. The van der Waals surface area contributed by atoms with E-state index in [1.54, 1.807) is 13.1 Å². The molecule has 2 N–H and O–H groups in total. The quantitative estimate of drug-likeness (QED) is 0.216. The van der Waals surface area contributed by atoms with Gasteiger partial charge in [0.25, 0.3) is 0 Å². The van der Waals surface area contributed by atoms with Crippen LogP contribution in [0.25, 0.3) is 0 Å². The Hall–Kier alpha value is -1.77. The summed E-state index contributed by atoms with van der Waals surface area (Å²) in [7, 11) is 0. The highest BCUT2D eigenvalue weighted by Crippen LogP contribution is 2.46. The molecule has 0 aromatic heterocycles. The zero-order valence-corrected chi connectivity index (χ0v) is 19.1. The van der Waals surface area contributed by atoms with E-state index in [4.69, 9.17) is 10.5 Å². The van der Waals surface area contributed by atoms with E-state index in [1.807, 2.05) is 26.0 Å². The lowest BCUT2D eigenvalue weighted by atomic mass is 9.65. The fourth-order valence-corrected chi connectivity index (χ4v) is 4.30. The van der Waals surface area contributed by atoms with Crippen molar-refractivity contribution in [2.24, 2.45) is 28.0 Å². The Morgan fingerprint density at radius 1 is 1.29 bits per heavy atom. The van der Waals surface area contributed by atoms with Crippen LogP contribution in [0.4, 0.5) is 0 Å². The average Bonchev–Trinajstić information content (AvgIpc) is 2.65. The highest BCUT2D eigenvalue weighted by Gasteiger charge is 2.34. The molecule has 1 rings (SSSR count). The lowest BCUT2D eigenvalue weighted by Gasteiger charge is -2.40. The molecule has 0 spiro atoms. The molecule has 1 aliphatic rings. The molecule has 0 amide bonds. The van der Waals surface area contributed by atoms with Gasteiger partial charge in [-0.15, -0.1) is 0 Å². The van der Waals surface area contributed by atoms with Crippen molar-refractivity contribution in [3.63, 3.8) is 0 Å². The van der Waals surface area contributed by atoms with Gasteiger partial charge in [-0.25, -0.2) is 4.99 Å². The third kappa shape index (κ3) is 7.69. The monoisotopic (exact) mass is 386 g/mol. The Labute approximate surface area is 173 Å². The van der Waals surface area contributed by atoms with Crippen molar-refractivity contribution < 1.29 is 4.74 Å². The molecule has 0 saturated heterocycles. The van der Waals surface area contributed by atoms with E-state index in [1.165, 1.54) is 44.1 Å². The summed E-state index contributed by atoms with van der Waals surface area (Å²) in [5.74, 6) is 2.99. The minimum absolute atomic E-state index is 0.207. The zero-order chi connectivity index (χ0) is 21.2. The van der Waals surface area contributed by atoms with Crippen LogP contribution in [0.2, 0.25) is 0 Å². The number of allylic oxidation sites excluding steroid dienone is 5. The summed E-state index contributed by atoms with van der Waals surface area (Å²) in [5, 5.41) is 0. The van der Waals surface area contributed by atoms with Crippen molar-refractivity contribution in [3.8, 4) is 0 Å². The Kier molecular flexibility index (Phi) is 10.3. The van der Waals surface area contributed by atoms with E-state index in [2.05, 4.69) is 38.4 Å². The normalized spacial score (nSPS) is 28.1. The molecule has 1 aliphatic carbocycles. The fraction of sp³-hybridized carbons (Fsp3) is 0.640. The summed E-state index contributed by atoms with van der Waals surface area (Å²) in [6, 6.07) is 0. The van der Waals surface area contributed by atoms with Crippen LogP contribution in [-0.2, 0) is 4.74 Å². The lowest BCUT2D eigenvalue weighted by Crippen LogP contribution is -2.28. The van der Waals surface area contributed by atoms with E-state index in [0.717, 1.165) is 24.0 Å². The molecule has 0 aliphatic heterocycles. The van der Waals surface area contributed by atoms with E-state index in [0.29, 0.717) is 11.6 Å². The van der Waals surface area contributed by atoms with Crippen LogP contribution in [-0.4, -0.2) is 5.90 Å². The van der Waals surface area contributed by atoms with Crippen LogP contribution in [0, 0.1) is 17.3 Å². The number of aliphatic imine (C=N–C) groups is 1. The van der Waals surface area contributed by atoms with Gasteiger partial charge in [-0.3, -0.25) is 0 Å². The fourth-order valence-electron chi connectivity index (χ4n) is 4.30. The van der Waals surface area contributed by atoms with Gasteiger partial charge < -0.3 is 10.5 Å². The third-order valence-corrected chi connectivity index (χ3v) is 6.15. The molecule has 0 aromatic rings. The van der Waals surface area contributed by atoms with Gasteiger partial charge in [0.15, 0.2) is 5.90 Å². The standard InChI is InChI=1S/C25H42N2O/c1-8-23-16-19(4)12-11-15-25(10-3,17-23)20(5)13-14-24(9-2)28-22(7)27-18-21(6)26/h9,13-14,18-19,23H,5,8,10-12,15-17,26H2,1-4,6-7H3/b14-13-,21-18+,24-9+,27-22?. The first-order valence-electron chi connectivity index (χ1n) is 10.9. The lowest BCUT2D eigenvalue weighted by molar-refractivity contribution is 0.178. The van der Waals surface area contributed by atoms with Gasteiger partial charge in [0.05, 0.1) is 0 Å². The van der Waals surface area contributed by atoms with Crippen molar-refractivity contribution in [1.82, 2.24) is 0 Å². The Bertz CT molecular complexity index is 622. The minimum Gasteiger partial charge on any atom is -0.444 e. The maximum absolute atomic E-state index is 5.84. The van der Waals surface area contributed by atoms with E-state index < -0.39 is 0 Å². The summed E-state index contributed by atoms with van der Waals surface area (Å²) in [6.07, 6.45) is 16.6. The van der Waals surface area contributed by atoms with Crippen molar-refractivity contribution in [3.05, 3.63) is 48.0 Å². The molecule has 3 unspecified atom stereocenters. The molecule has 0 aromatic carbocycles. The summed E-state index contributed by atoms with van der Waals surface area (Å²) in [5.41, 5.74) is 7.73. The summed E-state index contributed by atoms with van der Waals surface area (Å²) in [6.45, 7) is 17.2. The predicted octanol–water partition coefficient (Wildman–Crippen LogP) is 7.28.